The van der Waals surface area contributed by atoms with Gasteiger partial charge in [-0.1, -0.05) is 54.5 Å². The third-order valence-corrected chi connectivity index (χ3v) is 4.63. The van der Waals surface area contributed by atoms with Crippen molar-refractivity contribution >= 4 is 12.2 Å². The summed E-state index contributed by atoms with van der Waals surface area (Å²) in [6.07, 6.45) is 2.04. The van der Waals surface area contributed by atoms with Gasteiger partial charge in [-0.25, -0.2) is 0 Å². The van der Waals surface area contributed by atoms with E-state index in [-0.39, 0.29) is 23.9 Å². The van der Waals surface area contributed by atoms with Gasteiger partial charge in [0.1, 0.15) is 18.5 Å². The summed E-state index contributed by atoms with van der Waals surface area (Å²) in [5, 5.41) is 4.11. The van der Waals surface area contributed by atoms with Gasteiger partial charge in [0.2, 0.25) is 0 Å². The van der Waals surface area contributed by atoms with Gasteiger partial charge >= 0.3 is 5.97 Å². The van der Waals surface area contributed by atoms with Crippen molar-refractivity contribution in [2.45, 2.75) is 26.1 Å². The highest BCUT2D eigenvalue weighted by Gasteiger charge is 2.43. The summed E-state index contributed by atoms with van der Waals surface area (Å²) in [5.41, 5.74) is 1.97. The first-order chi connectivity index (χ1) is 12.7. The van der Waals surface area contributed by atoms with Gasteiger partial charge in [-0.3, -0.25) is 4.79 Å². The smallest absolute Gasteiger partial charge is 0.310 e. The van der Waals surface area contributed by atoms with Crippen LogP contribution in [0.2, 0.25) is 0 Å². The van der Waals surface area contributed by atoms with E-state index in [2.05, 4.69) is 5.16 Å². The maximum absolute atomic E-state index is 12.2. The average Bonchev–Trinajstić information content (AvgIpc) is 3.01. The van der Waals surface area contributed by atoms with Crippen molar-refractivity contribution in [2.75, 3.05) is 7.11 Å². The Hall–Kier alpha value is -2.82. The van der Waals surface area contributed by atoms with Crippen LogP contribution in [0.25, 0.3) is 0 Å². The molecule has 0 aromatic heterocycles. The Bertz CT molecular complexity index is 742. The summed E-state index contributed by atoms with van der Waals surface area (Å²) < 4.78 is 10.8. The molecule has 1 fully saturated rings. The number of ether oxygens (including phenoxy) is 2. The molecule has 5 nitrogen and oxygen atoms in total. The fraction of sp³-hybridized carbons (Fsp3) is 0.333. The standard InChI is InChI=1S/C21H23NO4/c1-3-18-19(13-22-25-14-15-7-5-4-6-8-15)20(26-21(18)23)16-9-11-17(24-2)12-10-16/h4-13,18-20H,3,14H2,1-2H3/b22-13+/t18-,19-,20+/m0/s1. The minimum Gasteiger partial charge on any atom is -0.497 e. The molecule has 1 aliphatic rings. The number of cyclic esters (lactones) is 1. The molecule has 3 rings (SSSR count). The molecule has 0 spiro atoms. The number of esters is 1. The van der Waals surface area contributed by atoms with Gasteiger partial charge in [0.05, 0.1) is 25.2 Å². The van der Waals surface area contributed by atoms with Crippen molar-refractivity contribution in [3.63, 3.8) is 0 Å². The molecular weight excluding hydrogens is 330 g/mol. The van der Waals surface area contributed by atoms with E-state index in [1.807, 2.05) is 61.5 Å². The summed E-state index contributed by atoms with van der Waals surface area (Å²) in [6, 6.07) is 17.4. The maximum atomic E-state index is 12.2. The first-order valence-corrected chi connectivity index (χ1v) is 8.76. The number of carbonyl (C=O) groups is 1. The minimum atomic E-state index is -0.359. The summed E-state index contributed by atoms with van der Waals surface area (Å²) in [7, 11) is 1.62. The molecule has 0 bridgehead atoms. The van der Waals surface area contributed by atoms with E-state index in [0.29, 0.717) is 13.0 Å². The lowest BCUT2D eigenvalue weighted by atomic mass is 9.86. The number of carbonyl (C=O) groups excluding carboxylic acids is 1. The molecule has 0 N–H and O–H groups in total. The Kier molecular flexibility index (Phi) is 5.89. The second-order valence-electron chi connectivity index (χ2n) is 6.24. The normalized spacial score (nSPS) is 22.4. The van der Waals surface area contributed by atoms with Crippen LogP contribution in [-0.4, -0.2) is 19.3 Å². The third kappa shape index (κ3) is 4.04. The number of nitrogens with zero attached hydrogens (tertiary/aromatic N) is 1. The van der Waals surface area contributed by atoms with Gasteiger partial charge in [-0.05, 0) is 29.7 Å². The van der Waals surface area contributed by atoms with E-state index in [1.165, 1.54) is 0 Å². The van der Waals surface area contributed by atoms with E-state index >= 15 is 0 Å². The Balaban J connectivity index is 1.71. The number of rotatable bonds is 7. The molecule has 1 saturated heterocycles. The zero-order valence-electron chi connectivity index (χ0n) is 15.0. The second kappa shape index (κ2) is 8.52. The van der Waals surface area contributed by atoms with Crippen molar-refractivity contribution < 1.29 is 19.1 Å². The van der Waals surface area contributed by atoms with Crippen LogP contribution in [0.4, 0.5) is 0 Å². The Morgan fingerprint density at radius 3 is 2.50 bits per heavy atom. The molecule has 0 radical (unpaired) electrons. The molecule has 0 unspecified atom stereocenters. The Labute approximate surface area is 153 Å². The van der Waals surface area contributed by atoms with E-state index in [0.717, 1.165) is 16.9 Å². The van der Waals surface area contributed by atoms with Crippen LogP contribution in [0.3, 0.4) is 0 Å². The quantitative estimate of drug-likeness (QED) is 0.426. The highest BCUT2D eigenvalue weighted by Crippen LogP contribution is 2.40. The van der Waals surface area contributed by atoms with Crippen molar-refractivity contribution in [1.29, 1.82) is 0 Å². The summed E-state index contributed by atoms with van der Waals surface area (Å²) in [5.74, 6) is 0.206. The summed E-state index contributed by atoms with van der Waals surface area (Å²) in [4.78, 5) is 17.6. The maximum Gasteiger partial charge on any atom is 0.310 e. The SMILES string of the molecule is CC[C@@H]1C(=O)O[C@H](c2ccc(OC)cc2)[C@H]1/C=N/OCc1ccccc1. The number of methoxy groups -OCH3 is 1. The number of benzene rings is 2. The fourth-order valence-corrected chi connectivity index (χ4v) is 3.16. The van der Waals surface area contributed by atoms with Crippen LogP contribution < -0.4 is 4.74 Å². The van der Waals surface area contributed by atoms with Crippen LogP contribution in [0.15, 0.2) is 59.8 Å². The average molecular weight is 353 g/mol. The van der Waals surface area contributed by atoms with Crippen LogP contribution in [0.5, 0.6) is 5.75 Å². The lowest BCUT2D eigenvalue weighted by molar-refractivity contribution is -0.144. The third-order valence-electron chi connectivity index (χ3n) is 4.63. The highest BCUT2D eigenvalue weighted by molar-refractivity contribution is 5.82. The van der Waals surface area contributed by atoms with E-state index in [1.54, 1.807) is 13.3 Å². The predicted octanol–water partition coefficient (Wildman–Crippen LogP) is 4.14. The van der Waals surface area contributed by atoms with Crippen LogP contribution in [0.1, 0.15) is 30.6 Å². The molecule has 0 saturated carbocycles. The molecule has 1 aliphatic heterocycles. The van der Waals surface area contributed by atoms with Crippen molar-refractivity contribution in [2.24, 2.45) is 17.0 Å². The lowest BCUT2D eigenvalue weighted by Crippen LogP contribution is -2.18. The molecule has 26 heavy (non-hydrogen) atoms. The number of oxime groups is 1. The zero-order valence-corrected chi connectivity index (χ0v) is 15.0. The van der Waals surface area contributed by atoms with Gasteiger partial charge in [-0.15, -0.1) is 0 Å². The van der Waals surface area contributed by atoms with Crippen molar-refractivity contribution in [3.8, 4) is 5.75 Å². The molecule has 3 atom stereocenters. The Morgan fingerprint density at radius 2 is 1.85 bits per heavy atom. The topological polar surface area (TPSA) is 57.1 Å². The summed E-state index contributed by atoms with van der Waals surface area (Å²) >= 11 is 0. The van der Waals surface area contributed by atoms with Crippen LogP contribution in [0, 0.1) is 11.8 Å². The molecule has 136 valence electrons. The van der Waals surface area contributed by atoms with Gasteiger partial charge in [0, 0.05) is 0 Å². The van der Waals surface area contributed by atoms with Gasteiger partial charge < -0.3 is 14.3 Å². The Morgan fingerprint density at radius 1 is 1.12 bits per heavy atom. The van der Waals surface area contributed by atoms with Gasteiger partial charge in [-0.2, -0.15) is 0 Å². The molecule has 2 aromatic rings. The minimum absolute atomic E-state index is 0.156. The van der Waals surface area contributed by atoms with Gasteiger partial charge in [0.15, 0.2) is 0 Å². The van der Waals surface area contributed by atoms with E-state index < -0.39 is 0 Å². The van der Waals surface area contributed by atoms with Crippen molar-refractivity contribution in [3.05, 3.63) is 65.7 Å². The first kappa shape index (κ1) is 18.0. The molecular formula is C21H23NO4. The van der Waals surface area contributed by atoms with Crippen LogP contribution in [-0.2, 0) is 21.0 Å². The predicted molar refractivity (Wildman–Crippen MR) is 98.8 cm³/mol. The van der Waals surface area contributed by atoms with Crippen molar-refractivity contribution in [1.82, 2.24) is 0 Å². The molecule has 1 heterocycles. The first-order valence-electron chi connectivity index (χ1n) is 8.76. The van der Waals surface area contributed by atoms with Gasteiger partial charge in [0.25, 0.3) is 0 Å². The van der Waals surface area contributed by atoms with E-state index in [9.17, 15) is 4.79 Å². The number of hydrogen-bond donors (Lipinski definition) is 0. The second-order valence-corrected chi connectivity index (χ2v) is 6.24. The monoisotopic (exact) mass is 353 g/mol. The summed E-state index contributed by atoms with van der Waals surface area (Å²) in [6.45, 7) is 2.37. The van der Waals surface area contributed by atoms with E-state index in [4.69, 9.17) is 14.3 Å². The van der Waals surface area contributed by atoms with Crippen LogP contribution >= 0.6 is 0 Å². The fourth-order valence-electron chi connectivity index (χ4n) is 3.16. The lowest BCUT2D eigenvalue weighted by Gasteiger charge is -2.16. The molecule has 0 aliphatic carbocycles. The molecule has 5 heteroatoms. The number of hydrogen-bond acceptors (Lipinski definition) is 5. The highest BCUT2D eigenvalue weighted by atomic mass is 16.6. The molecule has 2 aromatic carbocycles. The largest absolute Gasteiger partial charge is 0.497 e. The molecule has 0 amide bonds. The zero-order chi connectivity index (χ0) is 18.4.